The second-order valence-corrected chi connectivity index (χ2v) is 4.71. The van der Waals surface area contributed by atoms with Crippen molar-refractivity contribution in [3.05, 3.63) is 18.1 Å². The molecule has 0 spiro atoms. The predicted octanol–water partition coefficient (Wildman–Crippen LogP) is 1.03. The summed E-state index contributed by atoms with van der Waals surface area (Å²) in [6, 6.07) is 0.172. The Bertz CT molecular complexity index is 573. The summed E-state index contributed by atoms with van der Waals surface area (Å²) in [5.41, 5.74) is 2.99. The SMILES string of the molecule is COc1ncnc2c(C3COCCCN3)cn(C)c12. The van der Waals surface area contributed by atoms with Gasteiger partial charge in [0.15, 0.2) is 0 Å². The Labute approximate surface area is 111 Å². The number of nitrogens with zero attached hydrogens (tertiary/aromatic N) is 3. The molecule has 1 aliphatic rings. The van der Waals surface area contributed by atoms with E-state index >= 15 is 0 Å². The number of fused-ring (bicyclic) bond motifs is 1. The van der Waals surface area contributed by atoms with Crippen molar-refractivity contribution in [1.82, 2.24) is 19.9 Å². The maximum Gasteiger partial charge on any atom is 0.241 e. The van der Waals surface area contributed by atoms with Crippen molar-refractivity contribution in [1.29, 1.82) is 0 Å². The van der Waals surface area contributed by atoms with E-state index in [0.29, 0.717) is 12.5 Å². The predicted molar refractivity (Wildman–Crippen MR) is 71.2 cm³/mol. The van der Waals surface area contributed by atoms with Gasteiger partial charge in [0.1, 0.15) is 17.4 Å². The second kappa shape index (κ2) is 5.14. The monoisotopic (exact) mass is 262 g/mol. The van der Waals surface area contributed by atoms with Gasteiger partial charge in [0.2, 0.25) is 5.88 Å². The summed E-state index contributed by atoms with van der Waals surface area (Å²) in [6.45, 7) is 2.45. The Morgan fingerprint density at radius 1 is 1.47 bits per heavy atom. The van der Waals surface area contributed by atoms with Crippen molar-refractivity contribution in [2.75, 3.05) is 26.9 Å². The fraction of sp³-hybridized carbons (Fsp3) is 0.538. The second-order valence-electron chi connectivity index (χ2n) is 4.71. The summed E-state index contributed by atoms with van der Waals surface area (Å²) in [5.74, 6) is 0.605. The lowest BCUT2D eigenvalue weighted by Gasteiger charge is -2.13. The third-order valence-corrected chi connectivity index (χ3v) is 3.46. The Morgan fingerprint density at radius 2 is 2.37 bits per heavy atom. The topological polar surface area (TPSA) is 61.2 Å². The van der Waals surface area contributed by atoms with Crippen LogP contribution in [0.4, 0.5) is 0 Å². The van der Waals surface area contributed by atoms with E-state index in [-0.39, 0.29) is 6.04 Å². The molecule has 6 nitrogen and oxygen atoms in total. The Hall–Kier alpha value is -1.66. The van der Waals surface area contributed by atoms with Gasteiger partial charge in [-0.15, -0.1) is 0 Å². The molecular formula is C13H18N4O2. The minimum atomic E-state index is 0.172. The van der Waals surface area contributed by atoms with Crippen molar-refractivity contribution in [2.24, 2.45) is 7.05 Å². The summed E-state index contributed by atoms with van der Waals surface area (Å²) in [5, 5.41) is 3.50. The molecule has 6 heteroatoms. The fourth-order valence-corrected chi connectivity index (χ4v) is 2.54. The lowest BCUT2D eigenvalue weighted by atomic mass is 10.1. The van der Waals surface area contributed by atoms with Gasteiger partial charge in [0, 0.05) is 25.4 Å². The molecule has 2 aromatic heterocycles. The molecule has 102 valence electrons. The molecule has 0 bridgehead atoms. The Kier molecular flexibility index (Phi) is 3.35. The van der Waals surface area contributed by atoms with E-state index in [1.54, 1.807) is 13.4 Å². The van der Waals surface area contributed by atoms with Crippen molar-refractivity contribution >= 4 is 11.0 Å². The van der Waals surface area contributed by atoms with Crippen LogP contribution >= 0.6 is 0 Å². The molecule has 19 heavy (non-hydrogen) atoms. The van der Waals surface area contributed by atoms with Crippen LogP contribution in [0.2, 0.25) is 0 Å². The number of aromatic nitrogens is 3. The highest BCUT2D eigenvalue weighted by molar-refractivity contribution is 5.84. The van der Waals surface area contributed by atoms with Crippen LogP contribution in [0.1, 0.15) is 18.0 Å². The molecule has 1 N–H and O–H groups in total. The molecule has 1 atom stereocenters. The Balaban J connectivity index is 2.08. The zero-order chi connectivity index (χ0) is 13.2. The minimum Gasteiger partial charge on any atom is -0.479 e. The van der Waals surface area contributed by atoms with Crippen LogP contribution in [0.15, 0.2) is 12.5 Å². The highest BCUT2D eigenvalue weighted by Gasteiger charge is 2.21. The molecule has 3 heterocycles. The summed E-state index contributed by atoms with van der Waals surface area (Å²) < 4.78 is 12.9. The summed E-state index contributed by atoms with van der Waals surface area (Å²) >= 11 is 0. The van der Waals surface area contributed by atoms with E-state index in [1.165, 1.54) is 0 Å². The summed E-state index contributed by atoms with van der Waals surface area (Å²) in [4.78, 5) is 8.57. The van der Waals surface area contributed by atoms with Crippen LogP contribution in [-0.2, 0) is 11.8 Å². The molecule has 1 unspecified atom stereocenters. The van der Waals surface area contributed by atoms with Gasteiger partial charge < -0.3 is 19.4 Å². The van der Waals surface area contributed by atoms with Crippen molar-refractivity contribution < 1.29 is 9.47 Å². The molecular weight excluding hydrogens is 244 g/mol. The highest BCUT2D eigenvalue weighted by Crippen LogP contribution is 2.29. The zero-order valence-electron chi connectivity index (χ0n) is 11.2. The van der Waals surface area contributed by atoms with Crippen molar-refractivity contribution in [3.63, 3.8) is 0 Å². The third-order valence-electron chi connectivity index (χ3n) is 3.46. The van der Waals surface area contributed by atoms with E-state index < -0.39 is 0 Å². The number of ether oxygens (including phenoxy) is 2. The van der Waals surface area contributed by atoms with Gasteiger partial charge in [-0.1, -0.05) is 0 Å². The van der Waals surface area contributed by atoms with E-state index in [1.807, 2.05) is 11.6 Å². The first kappa shape index (κ1) is 12.4. The first-order chi connectivity index (χ1) is 9.31. The van der Waals surface area contributed by atoms with Gasteiger partial charge in [-0.05, 0) is 13.0 Å². The molecule has 3 rings (SSSR count). The molecule has 0 amide bonds. The van der Waals surface area contributed by atoms with Crippen LogP contribution < -0.4 is 10.1 Å². The van der Waals surface area contributed by atoms with E-state index in [4.69, 9.17) is 9.47 Å². The molecule has 1 fully saturated rings. The zero-order valence-corrected chi connectivity index (χ0v) is 11.2. The molecule has 1 saturated heterocycles. The first-order valence-electron chi connectivity index (χ1n) is 6.46. The smallest absolute Gasteiger partial charge is 0.241 e. The van der Waals surface area contributed by atoms with Crippen molar-refractivity contribution in [2.45, 2.75) is 12.5 Å². The van der Waals surface area contributed by atoms with Gasteiger partial charge in [0.25, 0.3) is 0 Å². The van der Waals surface area contributed by atoms with Crippen molar-refractivity contribution in [3.8, 4) is 5.88 Å². The maximum atomic E-state index is 5.63. The average Bonchev–Trinajstić information content (AvgIpc) is 2.65. The Morgan fingerprint density at radius 3 is 3.21 bits per heavy atom. The summed E-state index contributed by atoms with van der Waals surface area (Å²) in [6.07, 6.45) is 4.66. The van der Waals surface area contributed by atoms with Crippen LogP contribution in [-0.4, -0.2) is 41.4 Å². The molecule has 0 aliphatic carbocycles. The molecule has 1 aliphatic heterocycles. The van der Waals surface area contributed by atoms with Gasteiger partial charge in [-0.3, -0.25) is 0 Å². The van der Waals surface area contributed by atoms with Gasteiger partial charge in [-0.2, -0.15) is 4.98 Å². The van der Waals surface area contributed by atoms with E-state index in [0.717, 1.165) is 36.2 Å². The van der Waals surface area contributed by atoms with E-state index in [2.05, 4.69) is 21.5 Å². The molecule has 0 aromatic carbocycles. The fourth-order valence-electron chi connectivity index (χ4n) is 2.54. The minimum absolute atomic E-state index is 0.172. The lowest BCUT2D eigenvalue weighted by Crippen LogP contribution is -2.23. The van der Waals surface area contributed by atoms with E-state index in [9.17, 15) is 0 Å². The van der Waals surface area contributed by atoms with Crippen LogP contribution in [0.5, 0.6) is 5.88 Å². The van der Waals surface area contributed by atoms with Gasteiger partial charge in [0.05, 0.1) is 19.8 Å². The first-order valence-corrected chi connectivity index (χ1v) is 6.46. The highest BCUT2D eigenvalue weighted by atomic mass is 16.5. The number of hydrogen-bond donors (Lipinski definition) is 1. The molecule has 0 radical (unpaired) electrons. The quantitative estimate of drug-likeness (QED) is 0.876. The number of aryl methyl sites for hydroxylation is 1. The van der Waals surface area contributed by atoms with Gasteiger partial charge >= 0.3 is 0 Å². The number of rotatable bonds is 2. The van der Waals surface area contributed by atoms with Crippen LogP contribution in [0.3, 0.4) is 0 Å². The maximum absolute atomic E-state index is 5.63. The van der Waals surface area contributed by atoms with Crippen LogP contribution in [0, 0.1) is 0 Å². The number of methoxy groups -OCH3 is 1. The number of hydrogen-bond acceptors (Lipinski definition) is 5. The third kappa shape index (κ3) is 2.17. The normalized spacial score (nSPS) is 20.4. The lowest BCUT2D eigenvalue weighted by molar-refractivity contribution is 0.132. The standard InChI is InChI=1S/C13H18N4O2/c1-17-6-9(10-7-19-5-3-4-14-10)11-12(17)13(18-2)16-8-15-11/h6,8,10,14H,3-5,7H2,1-2H3. The average molecular weight is 262 g/mol. The van der Waals surface area contributed by atoms with Gasteiger partial charge in [-0.25, -0.2) is 4.98 Å². The molecule has 0 saturated carbocycles. The number of nitrogens with one attached hydrogen (secondary N) is 1. The molecule has 2 aromatic rings. The van der Waals surface area contributed by atoms with Crippen LogP contribution in [0.25, 0.3) is 11.0 Å². The summed E-state index contributed by atoms with van der Waals surface area (Å²) in [7, 11) is 3.61. The largest absolute Gasteiger partial charge is 0.479 e.